The molecule has 43 heavy (non-hydrogen) atoms. The molecule has 0 unspecified atom stereocenters. The predicted molar refractivity (Wildman–Crippen MR) is 163 cm³/mol. The summed E-state index contributed by atoms with van der Waals surface area (Å²) in [5, 5.41) is 24.0. The third-order valence-corrected chi connectivity index (χ3v) is 7.34. The number of amides is 2. The summed E-state index contributed by atoms with van der Waals surface area (Å²) in [7, 11) is 3.35. The standard InChI is InChI=1S/C32H40N6O5/c1-8-38-22(4)24(18-33-38)19-37(7)31(40)29-25-15-20(2)9-11-26(25)34-30(35-29)23-10-12-27(21(3)16-23)43-14-13-36(6)28(39)17-32(5,41)42/h9-12,15-16,18,41-42H,8,13-14,17,19H2,1-7H3. The van der Waals surface area contributed by atoms with E-state index in [9.17, 15) is 19.8 Å². The van der Waals surface area contributed by atoms with Gasteiger partial charge in [-0.15, -0.1) is 0 Å². The number of nitrogens with zero attached hydrogens (tertiary/aromatic N) is 6. The molecule has 0 saturated carbocycles. The van der Waals surface area contributed by atoms with Crippen molar-refractivity contribution in [2.45, 2.75) is 59.9 Å². The second-order valence-electron chi connectivity index (χ2n) is 11.2. The molecule has 2 N–H and O–H groups in total. The van der Waals surface area contributed by atoms with Gasteiger partial charge >= 0.3 is 0 Å². The number of rotatable bonds is 11. The van der Waals surface area contributed by atoms with Gasteiger partial charge in [-0.25, -0.2) is 9.97 Å². The van der Waals surface area contributed by atoms with Crippen molar-refractivity contribution in [2.24, 2.45) is 0 Å². The van der Waals surface area contributed by atoms with Crippen molar-refractivity contribution in [3.05, 3.63) is 70.7 Å². The highest BCUT2D eigenvalue weighted by atomic mass is 16.5. The normalized spacial score (nSPS) is 11.6. The number of aryl methyl sites for hydroxylation is 3. The van der Waals surface area contributed by atoms with Gasteiger partial charge in [0.1, 0.15) is 18.1 Å². The molecule has 4 rings (SSSR count). The average Bonchev–Trinajstić information content (AvgIpc) is 3.30. The number of aromatic nitrogens is 4. The van der Waals surface area contributed by atoms with Gasteiger partial charge in [0.2, 0.25) is 5.91 Å². The highest BCUT2D eigenvalue weighted by Crippen LogP contribution is 2.28. The topological polar surface area (TPSA) is 134 Å². The molecule has 0 radical (unpaired) electrons. The molecule has 0 bridgehead atoms. The van der Waals surface area contributed by atoms with E-state index in [0.29, 0.717) is 34.7 Å². The first-order valence-corrected chi connectivity index (χ1v) is 14.2. The van der Waals surface area contributed by atoms with Crippen LogP contribution in [-0.4, -0.2) is 84.6 Å². The Morgan fingerprint density at radius 3 is 2.42 bits per heavy atom. The molecule has 0 aliphatic carbocycles. The van der Waals surface area contributed by atoms with Gasteiger partial charge in [0.25, 0.3) is 5.91 Å². The van der Waals surface area contributed by atoms with Crippen molar-refractivity contribution < 1.29 is 24.5 Å². The third kappa shape index (κ3) is 7.54. The summed E-state index contributed by atoms with van der Waals surface area (Å²) >= 11 is 0. The summed E-state index contributed by atoms with van der Waals surface area (Å²) in [6.07, 6.45) is 1.41. The molecule has 0 saturated heterocycles. The molecule has 2 aromatic carbocycles. The molecular weight excluding hydrogens is 548 g/mol. The van der Waals surface area contributed by atoms with Crippen LogP contribution in [0.3, 0.4) is 0 Å². The number of benzene rings is 2. The zero-order valence-electron chi connectivity index (χ0n) is 25.9. The fraction of sp³-hybridized carbons (Fsp3) is 0.406. The van der Waals surface area contributed by atoms with Gasteiger partial charge in [-0.3, -0.25) is 14.3 Å². The van der Waals surface area contributed by atoms with Gasteiger partial charge < -0.3 is 24.7 Å². The van der Waals surface area contributed by atoms with Gasteiger partial charge in [-0.2, -0.15) is 5.10 Å². The van der Waals surface area contributed by atoms with Crippen LogP contribution in [0.5, 0.6) is 5.75 Å². The Hall–Kier alpha value is -4.35. The number of hydrogen-bond donors (Lipinski definition) is 2. The number of carbonyl (C=O) groups is 2. The number of carbonyl (C=O) groups excluding carboxylic acids is 2. The maximum atomic E-state index is 13.8. The van der Waals surface area contributed by atoms with E-state index < -0.39 is 18.1 Å². The number of likely N-dealkylation sites (N-methyl/N-ethyl adjacent to an activating group) is 1. The first-order chi connectivity index (χ1) is 20.3. The van der Waals surface area contributed by atoms with Crippen LogP contribution in [0.2, 0.25) is 0 Å². The summed E-state index contributed by atoms with van der Waals surface area (Å²) in [5.41, 5.74) is 5.60. The molecular formula is C32H40N6O5. The summed E-state index contributed by atoms with van der Waals surface area (Å²) in [4.78, 5) is 38.5. The molecule has 2 amide bonds. The summed E-state index contributed by atoms with van der Waals surface area (Å²) in [6, 6.07) is 11.4. The van der Waals surface area contributed by atoms with Gasteiger partial charge in [0.15, 0.2) is 11.6 Å². The van der Waals surface area contributed by atoms with Crippen LogP contribution in [0.4, 0.5) is 0 Å². The SMILES string of the molecule is CCn1ncc(CN(C)C(=O)c2nc(-c3ccc(OCCN(C)C(=O)CC(C)(O)O)c(C)c3)nc3ccc(C)cc23)c1C. The smallest absolute Gasteiger partial charge is 0.273 e. The van der Waals surface area contributed by atoms with Crippen molar-refractivity contribution >= 4 is 22.7 Å². The maximum Gasteiger partial charge on any atom is 0.273 e. The predicted octanol–water partition coefficient (Wildman–Crippen LogP) is 3.64. The second kappa shape index (κ2) is 12.9. The quantitative estimate of drug-likeness (QED) is 0.254. The van der Waals surface area contributed by atoms with E-state index in [1.807, 2.05) is 68.8 Å². The number of fused-ring (bicyclic) bond motifs is 1. The lowest BCUT2D eigenvalue weighted by molar-refractivity contribution is -0.167. The largest absolute Gasteiger partial charge is 0.491 e. The van der Waals surface area contributed by atoms with E-state index in [-0.39, 0.29) is 19.1 Å². The molecule has 228 valence electrons. The summed E-state index contributed by atoms with van der Waals surface area (Å²) in [5.74, 6) is -1.59. The van der Waals surface area contributed by atoms with Crippen LogP contribution in [0.25, 0.3) is 22.3 Å². The Kier molecular flexibility index (Phi) is 9.46. The molecule has 0 fully saturated rings. The number of ether oxygens (including phenoxy) is 1. The fourth-order valence-electron chi connectivity index (χ4n) is 4.79. The van der Waals surface area contributed by atoms with Crippen molar-refractivity contribution in [1.82, 2.24) is 29.5 Å². The average molecular weight is 589 g/mol. The molecule has 0 aliphatic rings. The van der Waals surface area contributed by atoms with Crippen LogP contribution < -0.4 is 4.74 Å². The van der Waals surface area contributed by atoms with E-state index in [1.54, 1.807) is 25.2 Å². The van der Waals surface area contributed by atoms with Crippen LogP contribution in [0, 0.1) is 20.8 Å². The lowest BCUT2D eigenvalue weighted by atomic mass is 10.1. The van der Waals surface area contributed by atoms with E-state index in [2.05, 4.69) is 5.10 Å². The minimum absolute atomic E-state index is 0.207. The first kappa shape index (κ1) is 31.6. The van der Waals surface area contributed by atoms with Gasteiger partial charge in [0, 0.05) is 49.4 Å². The van der Waals surface area contributed by atoms with E-state index in [0.717, 1.165) is 34.5 Å². The molecule has 0 atom stereocenters. The molecule has 11 heteroatoms. The lowest BCUT2D eigenvalue weighted by Gasteiger charge is -2.22. The number of hydrogen-bond acceptors (Lipinski definition) is 8. The summed E-state index contributed by atoms with van der Waals surface area (Å²) in [6.45, 7) is 10.7. The minimum atomic E-state index is -2.06. The Labute approximate surface area is 251 Å². The molecule has 11 nitrogen and oxygen atoms in total. The van der Waals surface area contributed by atoms with Gasteiger partial charge in [-0.1, -0.05) is 11.6 Å². The van der Waals surface area contributed by atoms with Crippen LogP contribution in [0.1, 0.15) is 53.1 Å². The van der Waals surface area contributed by atoms with E-state index >= 15 is 0 Å². The highest BCUT2D eigenvalue weighted by molar-refractivity contribution is 6.05. The van der Waals surface area contributed by atoms with Crippen molar-refractivity contribution in [2.75, 3.05) is 27.2 Å². The molecule has 4 aromatic rings. The minimum Gasteiger partial charge on any atom is -0.491 e. The van der Waals surface area contributed by atoms with Crippen LogP contribution in [-0.2, 0) is 17.9 Å². The summed E-state index contributed by atoms with van der Waals surface area (Å²) < 4.78 is 7.81. The zero-order chi connectivity index (χ0) is 31.5. The molecule has 0 spiro atoms. The number of aliphatic hydroxyl groups is 2. The van der Waals surface area contributed by atoms with Crippen LogP contribution in [0.15, 0.2) is 42.6 Å². The maximum absolute atomic E-state index is 13.8. The Morgan fingerprint density at radius 1 is 1.02 bits per heavy atom. The van der Waals surface area contributed by atoms with Crippen molar-refractivity contribution in [1.29, 1.82) is 0 Å². The van der Waals surface area contributed by atoms with Crippen molar-refractivity contribution in [3.8, 4) is 17.1 Å². The van der Waals surface area contributed by atoms with E-state index in [1.165, 1.54) is 11.8 Å². The first-order valence-electron chi connectivity index (χ1n) is 14.2. The monoisotopic (exact) mass is 588 g/mol. The molecule has 2 aromatic heterocycles. The Morgan fingerprint density at radius 2 is 1.77 bits per heavy atom. The van der Waals surface area contributed by atoms with Crippen LogP contribution >= 0.6 is 0 Å². The van der Waals surface area contributed by atoms with Gasteiger partial charge in [0.05, 0.1) is 24.7 Å². The molecule has 0 aliphatic heterocycles. The fourth-order valence-corrected chi connectivity index (χ4v) is 4.79. The highest BCUT2D eigenvalue weighted by Gasteiger charge is 2.23. The van der Waals surface area contributed by atoms with Gasteiger partial charge in [-0.05, 0) is 70.5 Å². The lowest BCUT2D eigenvalue weighted by Crippen LogP contribution is -2.37. The second-order valence-corrected chi connectivity index (χ2v) is 11.2. The Balaban J connectivity index is 1.56. The Bertz CT molecular complexity index is 1640. The van der Waals surface area contributed by atoms with E-state index in [4.69, 9.17) is 14.7 Å². The zero-order valence-corrected chi connectivity index (χ0v) is 25.9. The molecule has 2 heterocycles. The van der Waals surface area contributed by atoms with Crippen molar-refractivity contribution in [3.63, 3.8) is 0 Å². The third-order valence-electron chi connectivity index (χ3n) is 7.34.